The lowest BCUT2D eigenvalue weighted by Gasteiger charge is -2.09. The summed E-state index contributed by atoms with van der Waals surface area (Å²) in [5.41, 5.74) is 0.851. The summed E-state index contributed by atoms with van der Waals surface area (Å²) < 4.78 is 10.2. The van der Waals surface area contributed by atoms with Gasteiger partial charge in [-0.2, -0.15) is 4.98 Å². The third-order valence-corrected chi connectivity index (χ3v) is 3.53. The molecule has 124 valence electrons. The minimum Gasteiger partial charge on any atom is -0.505 e. The molecule has 3 rings (SSSR count). The van der Waals surface area contributed by atoms with Crippen LogP contribution in [0.15, 0.2) is 39.5 Å². The molecular weight excluding hydrogens is 334 g/mol. The Hall–Kier alpha value is -2.80. The predicted molar refractivity (Wildman–Crippen MR) is 86.8 cm³/mol. The summed E-state index contributed by atoms with van der Waals surface area (Å²) in [6.45, 7) is 1.70. The molecule has 1 aromatic carbocycles. The van der Waals surface area contributed by atoms with Gasteiger partial charge in [-0.25, -0.2) is 0 Å². The lowest BCUT2D eigenvalue weighted by Crippen LogP contribution is -2.12. The second kappa shape index (κ2) is 6.76. The van der Waals surface area contributed by atoms with Crippen LogP contribution in [0.25, 0.3) is 11.6 Å². The van der Waals surface area contributed by atoms with Crippen LogP contribution in [0, 0.1) is 6.92 Å². The van der Waals surface area contributed by atoms with Crippen LogP contribution in [0.5, 0.6) is 5.75 Å². The van der Waals surface area contributed by atoms with Gasteiger partial charge in [-0.1, -0.05) is 16.8 Å². The second-order valence-corrected chi connectivity index (χ2v) is 5.59. The molecule has 0 aliphatic rings. The normalized spacial score (nSPS) is 10.8. The lowest BCUT2D eigenvalue weighted by molar-refractivity contribution is -0.116. The molecule has 2 heterocycles. The van der Waals surface area contributed by atoms with Gasteiger partial charge < -0.3 is 19.4 Å². The number of benzene rings is 1. The molecule has 1 amide bonds. The quantitative estimate of drug-likeness (QED) is 0.684. The van der Waals surface area contributed by atoms with Crippen LogP contribution in [0.2, 0.25) is 5.02 Å². The molecule has 2 N–H and O–H groups in total. The van der Waals surface area contributed by atoms with E-state index < -0.39 is 0 Å². The van der Waals surface area contributed by atoms with E-state index in [0.29, 0.717) is 28.1 Å². The molecule has 0 aliphatic carbocycles. The molecule has 0 unspecified atom stereocenters. The molecule has 0 spiro atoms. The number of carbonyl (C=O) groups excluding carboxylic acids is 1. The Bertz CT molecular complexity index is 858. The van der Waals surface area contributed by atoms with Gasteiger partial charge >= 0.3 is 0 Å². The second-order valence-electron chi connectivity index (χ2n) is 5.16. The Morgan fingerprint density at radius 1 is 1.42 bits per heavy atom. The third-order valence-electron chi connectivity index (χ3n) is 3.31. The number of anilines is 1. The predicted octanol–water partition coefficient (Wildman–Crippen LogP) is 3.57. The van der Waals surface area contributed by atoms with E-state index in [1.54, 1.807) is 25.1 Å². The highest BCUT2D eigenvalue weighted by Gasteiger charge is 2.14. The van der Waals surface area contributed by atoms with E-state index in [1.165, 1.54) is 12.3 Å². The first-order valence-electron chi connectivity index (χ1n) is 7.18. The fourth-order valence-electron chi connectivity index (χ4n) is 2.13. The van der Waals surface area contributed by atoms with E-state index >= 15 is 0 Å². The van der Waals surface area contributed by atoms with Gasteiger partial charge in [0, 0.05) is 17.9 Å². The Morgan fingerprint density at radius 2 is 2.25 bits per heavy atom. The first kappa shape index (κ1) is 16.1. The maximum Gasteiger partial charge on any atom is 0.238 e. The molecule has 2 aromatic heterocycles. The van der Waals surface area contributed by atoms with Crippen molar-refractivity contribution in [3.63, 3.8) is 0 Å². The number of aromatic hydroxyl groups is 1. The number of amides is 1. The first-order valence-corrected chi connectivity index (χ1v) is 7.56. The number of hydrogen-bond donors (Lipinski definition) is 2. The number of phenolic OH excluding ortho intramolecular Hbond substituents is 1. The maximum absolute atomic E-state index is 12.0. The number of nitrogens with zero attached hydrogens (tertiary/aromatic N) is 2. The number of aryl methyl sites for hydroxylation is 2. The van der Waals surface area contributed by atoms with Gasteiger partial charge in [-0.05, 0) is 36.8 Å². The van der Waals surface area contributed by atoms with Crippen LogP contribution in [0.3, 0.4) is 0 Å². The van der Waals surface area contributed by atoms with Gasteiger partial charge in [0.15, 0.2) is 5.76 Å². The van der Waals surface area contributed by atoms with Crippen molar-refractivity contribution in [3.05, 3.63) is 47.0 Å². The van der Waals surface area contributed by atoms with Crippen molar-refractivity contribution in [2.24, 2.45) is 0 Å². The van der Waals surface area contributed by atoms with Crippen molar-refractivity contribution >= 4 is 23.2 Å². The molecule has 0 aliphatic heterocycles. The Morgan fingerprint density at radius 3 is 3.00 bits per heavy atom. The number of halogens is 1. The highest BCUT2D eigenvalue weighted by molar-refractivity contribution is 6.31. The van der Waals surface area contributed by atoms with Gasteiger partial charge in [0.05, 0.1) is 12.0 Å². The van der Waals surface area contributed by atoms with E-state index in [4.69, 9.17) is 20.5 Å². The largest absolute Gasteiger partial charge is 0.505 e. The third kappa shape index (κ3) is 3.57. The number of rotatable bonds is 5. The Balaban J connectivity index is 1.60. The fourth-order valence-corrected chi connectivity index (χ4v) is 2.40. The van der Waals surface area contributed by atoms with E-state index in [1.807, 2.05) is 0 Å². The van der Waals surface area contributed by atoms with Crippen molar-refractivity contribution in [2.45, 2.75) is 19.8 Å². The average Bonchev–Trinajstić information content (AvgIpc) is 3.21. The molecule has 7 nitrogen and oxygen atoms in total. The van der Waals surface area contributed by atoms with Crippen molar-refractivity contribution in [1.82, 2.24) is 10.1 Å². The highest BCUT2D eigenvalue weighted by Crippen LogP contribution is 2.31. The molecule has 0 radical (unpaired) electrons. The lowest BCUT2D eigenvalue weighted by atomic mass is 10.2. The van der Waals surface area contributed by atoms with E-state index in [2.05, 4.69) is 15.5 Å². The van der Waals surface area contributed by atoms with Crippen molar-refractivity contribution in [3.8, 4) is 17.3 Å². The minimum absolute atomic E-state index is 0.00866. The molecule has 0 atom stereocenters. The van der Waals surface area contributed by atoms with Gasteiger partial charge in [-0.3, -0.25) is 4.79 Å². The molecule has 24 heavy (non-hydrogen) atoms. The van der Waals surface area contributed by atoms with Crippen LogP contribution in [-0.4, -0.2) is 21.2 Å². The first-order chi connectivity index (χ1) is 11.5. The minimum atomic E-state index is -0.301. The highest BCUT2D eigenvalue weighted by atomic mass is 35.5. The summed E-state index contributed by atoms with van der Waals surface area (Å²) >= 11 is 5.93. The van der Waals surface area contributed by atoms with Gasteiger partial charge in [-0.15, -0.1) is 0 Å². The molecule has 0 saturated carbocycles. The average molecular weight is 348 g/mol. The molecule has 0 fully saturated rings. The zero-order valence-electron chi connectivity index (χ0n) is 12.7. The van der Waals surface area contributed by atoms with Crippen LogP contribution in [-0.2, 0) is 11.2 Å². The number of aromatic nitrogens is 2. The van der Waals surface area contributed by atoms with Gasteiger partial charge in [0.1, 0.15) is 5.75 Å². The SMILES string of the molecule is Cc1cc(Cl)cc(NC(=O)CCc2nc(-c3ccco3)no2)c1O. The zero-order chi connectivity index (χ0) is 17.1. The smallest absolute Gasteiger partial charge is 0.238 e. The van der Waals surface area contributed by atoms with E-state index in [9.17, 15) is 9.90 Å². The Labute approximate surface area is 142 Å². The summed E-state index contributed by atoms with van der Waals surface area (Å²) in [6.07, 6.45) is 1.89. The molecular formula is C16H14ClN3O4. The van der Waals surface area contributed by atoms with Crippen molar-refractivity contribution < 1.29 is 18.8 Å². The van der Waals surface area contributed by atoms with Crippen LogP contribution in [0.4, 0.5) is 5.69 Å². The summed E-state index contributed by atoms with van der Waals surface area (Å²) in [6, 6.07) is 6.54. The van der Waals surface area contributed by atoms with Crippen molar-refractivity contribution in [2.75, 3.05) is 5.32 Å². The monoisotopic (exact) mass is 347 g/mol. The van der Waals surface area contributed by atoms with Crippen LogP contribution < -0.4 is 5.32 Å². The van der Waals surface area contributed by atoms with E-state index in [0.717, 1.165) is 0 Å². The van der Waals surface area contributed by atoms with Crippen molar-refractivity contribution in [1.29, 1.82) is 0 Å². The van der Waals surface area contributed by atoms with Crippen LogP contribution in [0.1, 0.15) is 17.9 Å². The number of carbonyl (C=O) groups is 1. The van der Waals surface area contributed by atoms with Gasteiger partial charge in [0.2, 0.25) is 17.6 Å². The van der Waals surface area contributed by atoms with Crippen LogP contribution >= 0.6 is 11.6 Å². The fraction of sp³-hybridized carbons (Fsp3) is 0.188. The summed E-state index contributed by atoms with van der Waals surface area (Å²) in [4.78, 5) is 16.2. The molecule has 0 saturated heterocycles. The maximum atomic E-state index is 12.0. The molecule has 0 bridgehead atoms. The standard InChI is InChI=1S/C16H14ClN3O4/c1-9-7-10(17)8-11(15(9)22)18-13(21)4-5-14-19-16(20-24-14)12-3-2-6-23-12/h2-3,6-8,22H,4-5H2,1H3,(H,18,21). The number of furan rings is 1. The zero-order valence-corrected chi connectivity index (χ0v) is 13.5. The number of nitrogens with one attached hydrogen (secondary N) is 1. The van der Waals surface area contributed by atoms with Gasteiger partial charge in [0.25, 0.3) is 0 Å². The number of phenols is 1. The molecule has 8 heteroatoms. The molecule has 3 aromatic rings. The Kier molecular flexibility index (Phi) is 4.52. The number of hydrogen-bond acceptors (Lipinski definition) is 6. The summed E-state index contributed by atoms with van der Waals surface area (Å²) in [5.74, 6) is 0.839. The topological polar surface area (TPSA) is 101 Å². The summed E-state index contributed by atoms with van der Waals surface area (Å²) in [5, 5.41) is 16.8. The van der Waals surface area contributed by atoms with E-state index in [-0.39, 0.29) is 30.2 Å². The summed E-state index contributed by atoms with van der Waals surface area (Å²) in [7, 11) is 0.